The monoisotopic (exact) mass is 1020 g/mol. The summed E-state index contributed by atoms with van der Waals surface area (Å²) in [6.07, 6.45) is 23.7. The lowest BCUT2D eigenvalue weighted by molar-refractivity contribution is 0.265. The summed E-state index contributed by atoms with van der Waals surface area (Å²) in [5.74, 6) is 1.70. The van der Waals surface area contributed by atoms with Crippen molar-refractivity contribution in [3.05, 3.63) is 167 Å². The Kier molecular flexibility index (Phi) is 20.8. The minimum absolute atomic E-state index is 0.0751. The summed E-state index contributed by atoms with van der Waals surface area (Å²) < 4.78 is 0. The van der Waals surface area contributed by atoms with Gasteiger partial charge in [0.05, 0.1) is 0 Å². The van der Waals surface area contributed by atoms with Gasteiger partial charge in [0.15, 0.2) is 0 Å². The number of benzene rings is 6. The van der Waals surface area contributed by atoms with E-state index in [0.717, 1.165) is 32.1 Å². The number of anilines is 6. The average molecular weight is 1020 g/mol. The first kappa shape index (κ1) is 58.6. The van der Waals surface area contributed by atoms with Gasteiger partial charge in [-0.2, -0.15) is 0 Å². The first-order valence-electron chi connectivity index (χ1n) is 31.0. The summed E-state index contributed by atoms with van der Waals surface area (Å²) in [5, 5.41) is 0. The van der Waals surface area contributed by atoms with Gasteiger partial charge < -0.3 is 9.80 Å². The fourth-order valence-electron chi connectivity index (χ4n) is 13.1. The highest BCUT2D eigenvalue weighted by Crippen LogP contribution is 2.57. The molecule has 0 amide bonds. The zero-order chi connectivity index (χ0) is 54.5. The Morgan fingerprint density at radius 3 is 1.07 bits per heavy atom. The molecule has 408 valence electrons. The summed E-state index contributed by atoms with van der Waals surface area (Å²) in [5.41, 5.74) is 19.0. The van der Waals surface area contributed by atoms with E-state index in [9.17, 15) is 0 Å². The summed E-state index contributed by atoms with van der Waals surface area (Å²) >= 11 is 0. The SMILES string of the molecule is CCCCCCCCC1(CCCCCCCC)c2cc(N(c3ccc(C(C)CC)cc3)c3ccc(C(C)(C)C)cc3)ccc2-c2ccc(N(c3ccc(C(C)CC)cc3)c3ccc(C(C)(CC)C(CC)CC)cc3)cc21. The molecule has 0 bridgehead atoms. The molecule has 2 nitrogen and oxygen atoms in total. The number of hydrogen-bond acceptors (Lipinski definition) is 2. The third kappa shape index (κ3) is 13.1. The van der Waals surface area contributed by atoms with Crippen molar-refractivity contribution >= 4 is 34.1 Å². The molecule has 0 heterocycles. The molecule has 0 saturated carbocycles. The molecule has 6 aromatic carbocycles. The summed E-state index contributed by atoms with van der Waals surface area (Å²) in [6, 6.07) is 53.5. The largest absolute Gasteiger partial charge is 0.310 e. The van der Waals surface area contributed by atoms with Crippen LogP contribution in [0.4, 0.5) is 34.1 Å². The van der Waals surface area contributed by atoms with Gasteiger partial charge >= 0.3 is 0 Å². The third-order valence-corrected chi connectivity index (χ3v) is 18.8. The molecule has 1 aliphatic rings. The predicted molar refractivity (Wildman–Crippen MR) is 336 cm³/mol. The molecule has 6 aromatic rings. The van der Waals surface area contributed by atoms with Gasteiger partial charge in [-0.15, -0.1) is 0 Å². The molecule has 0 fully saturated rings. The van der Waals surface area contributed by atoms with Gasteiger partial charge in [-0.05, 0) is 178 Å². The Morgan fingerprint density at radius 2 is 0.724 bits per heavy atom. The Morgan fingerprint density at radius 1 is 0.382 bits per heavy atom. The maximum atomic E-state index is 2.66. The Labute approximate surface area is 465 Å². The van der Waals surface area contributed by atoms with E-state index in [1.807, 2.05) is 0 Å². The second-order valence-corrected chi connectivity index (χ2v) is 24.7. The van der Waals surface area contributed by atoms with Crippen LogP contribution in [-0.2, 0) is 16.2 Å². The van der Waals surface area contributed by atoms with E-state index in [1.165, 1.54) is 169 Å². The normalized spacial score (nSPS) is 14.6. The van der Waals surface area contributed by atoms with E-state index in [1.54, 1.807) is 0 Å². The Bertz CT molecular complexity index is 2660. The number of rotatable bonds is 29. The maximum absolute atomic E-state index is 2.66. The van der Waals surface area contributed by atoms with Crippen LogP contribution in [0.25, 0.3) is 11.1 Å². The highest BCUT2D eigenvalue weighted by Gasteiger charge is 2.43. The van der Waals surface area contributed by atoms with E-state index in [2.05, 4.69) is 233 Å². The molecule has 76 heavy (non-hydrogen) atoms. The molecule has 0 aromatic heterocycles. The Hall–Kier alpha value is -5.08. The van der Waals surface area contributed by atoms with Crippen molar-refractivity contribution in [2.24, 2.45) is 5.92 Å². The number of nitrogens with zero attached hydrogens (tertiary/aromatic N) is 2. The topological polar surface area (TPSA) is 6.48 Å². The molecule has 7 rings (SSSR count). The second kappa shape index (κ2) is 27.0. The van der Waals surface area contributed by atoms with E-state index in [-0.39, 0.29) is 16.2 Å². The third-order valence-electron chi connectivity index (χ3n) is 18.8. The van der Waals surface area contributed by atoms with Gasteiger partial charge in [0.1, 0.15) is 0 Å². The predicted octanol–water partition coefficient (Wildman–Crippen LogP) is 23.8. The molecule has 3 atom stereocenters. The van der Waals surface area contributed by atoms with Crippen molar-refractivity contribution in [1.29, 1.82) is 0 Å². The lowest BCUT2D eigenvalue weighted by Gasteiger charge is -2.37. The molecule has 3 unspecified atom stereocenters. The van der Waals surface area contributed by atoms with Gasteiger partial charge in [0.25, 0.3) is 0 Å². The average Bonchev–Trinajstić information content (AvgIpc) is 3.71. The highest BCUT2D eigenvalue weighted by molar-refractivity contribution is 5.88. The van der Waals surface area contributed by atoms with Crippen molar-refractivity contribution in [3.63, 3.8) is 0 Å². The minimum atomic E-state index is -0.122. The molecule has 2 heteroatoms. The van der Waals surface area contributed by atoms with Gasteiger partial charge in [0.2, 0.25) is 0 Å². The van der Waals surface area contributed by atoms with Gasteiger partial charge in [-0.3, -0.25) is 0 Å². The molecule has 1 aliphatic carbocycles. The van der Waals surface area contributed by atoms with Crippen LogP contribution in [0, 0.1) is 5.92 Å². The van der Waals surface area contributed by atoms with Crippen molar-refractivity contribution in [3.8, 4) is 11.1 Å². The quantitative estimate of drug-likeness (QED) is 0.0432. The maximum Gasteiger partial charge on any atom is 0.0465 e. The standard InChI is InChI=1S/C74H102N2/c1-14-21-23-25-27-29-51-74(52-30-28-26-24-22-15-2)70-53-66(75(62-39-31-57(32-40-62)55(8)16-3)64-43-35-60(36-44-64)72(10,11)12)47-49-68(70)69-50-48-67(54-71(69)74)76(63-41-33-58(34-42-63)56(9)17-4)65-45-37-61(38-46-65)73(13,20-7)59(18-5)19-6/h31-50,53-56,59H,14-30,51-52H2,1-13H3. The van der Waals surface area contributed by atoms with Crippen LogP contribution in [0.1, 0.15) is 257 Å². The summed E-state index contributed by atoms with van der Waals surface area (Å²) in [4.78, 5) is 5.12. The highest BCUT2D eigenvalue weighted by atomic mass is 15.1. The summed E-state index contributed by atoms with van der Waals surface area (Å²) in [6.45, 7) is 30.6. The van der Waals surface area contributed by atoms with Gasteiger partial charge in [-0.25, -0.2) is 0 Å². The van der Waals surface area contributed by atoms with Crippen LogP contribution in [0.2, 0.25) is 0 Å². The van der Waals surface area contributed by atoms with Crippen molar-refractivity contribution < 1.29 is 0 Å². The molecule has 0 spiro atoms. The van der Waals surface area contributed by atoms with Crippen molar-refractivity contribution in [1.82, 2.24) is 0 Å². The van der Waals surface area contributed by atoms with E-state index < -0.39 is 0 Å². The van der Waals surface area contributed by atoms with Crippen LogP contribution in [0.3, 0.4) is 0 Å². The van der Waals surface area contributed by atoms with Gasteiger partial charge in [-0.1, -0.05) is 241 Å². The van der Waals surface area contributed by atoms with E-state index in [0.29, 0.717) is 17.8 Å². The molecular weight excluding hydrogens is 917 g/mol. The molecule has 0 radical (unpaired) electrons. The zero-order valence-electron chi connectivity index (χ0n) is 50.3. The molecule has 0 N–H and O–H groups in total. The lowest BCUT2D eigenvalue weighted by atomic mass is 9.68. The van der Waals surface area contributed by atoms with Crippen molar-refractivity contribution in [2.45, 2.75) is 240 Å². The fourth-order valence-corrected chi connectivity index (χ4v) is 13.1. The fraction of sp³-hybridized carbons (Fsp3) is 0.514. The van der Waals surface area contributed by atoms with Crippen LogP contribution in [-0.4, -0.2) is 0 Å². The van der Waals surface area contributed by atoms with Crippen molar-refractivity contribution in [2.75, 3.05) is 9.80 Å². The smallest absolute Gasteiger partial charge is 0.0465 e. The number of unbranched alkanes of at least 4 members (excludes halogenated alkanes) is 10. The lowest BCUT2D eigenvalue weighted by Crippen LogP contribution is -2.30. The minimum Gasteiger partial charge on any atom is -0.310 e. The summed E-state index contributed by atoms with van der Waals surface area (Å²) in [7, 11) is 0. The van der Waals surface area contributed by atoms with Crippen LogP contribution < -0.4 is 9.80 Å². The molecular formula is C74H102N2. The van der Waals surface area contributed by atoms with Crippen LogP contribution >= 0.6 is 0 Å². The number of fused-ring (bicyclic) bond motifs is 3. The first-order chi connectivity index (χ1) is 36.7. The van der Waals surface area contributed by atoms with E-state index in [4.69, 9.17) is 0 Å². The Balaban J connectivity index is 1.43. The zero-order valence-corrected chi connectivity index (χ0v) is 50.3. The molecule has 0 saturated heterocycles. The van der Waals surface area contributed by atoms with Crippen LogP contribution in [0.5, 0.6) is 0 Å². The number of hydrogen-bond donors (Lipinski definition) is 0. The van der Waals surface area contributed by atoms with E-state index >= 15 is 0 Å². The van der Waals surface area contributed by atoms with Crippen LogP contribution in [0.15, 0.2) is 133 Å². The first-order valence-corrected chi connectivity index (χ1v) is 31.0. The molecule has 0 aliphatic heterocycles. The van der Waals surface area contributed by atoms with Gasteiger partial charge in [0, 0.05) is 39.5 Å². The second-order valence-electron chi connectivity index (χ2n) is 24.7.